The number of oxazole rings is 1. The van der Waals surface area contributed by atoms with Crippen LogP contribution < -0.4 is 24.0 Å². The molecule has 4 heterocycles. The predicted molar refractivity (Wildman–Crippen MR) is 145 cm³/mol. The first-order chi connectivity index (χ1) is 17.0. The number of anilines is 3. The average Bonchev–Trinajstić information content (AvgIpc) is 3.54. The van der Waals surface area contributed by atoms with Gasteiger partial charge in [-0.2, -0.15) is 4.98 Å². The minimum atomic E-state index is -0.0698. The number of amidine groups is 1. The Morgan fingerprint density at radius 1 is 1.11 bits per heavy atom. The second-order valence-corrected chi connectivity index (χ2v) is 10.6. The monoisotopic (exact) mass is 510 g/mol. The van der Waals surface area contributed by atoms with Crippen molar-refractivity contribution in [2.24, 2.45) is 10.1 Å². The van der Waals surface area contributed by atoms with Gasteiger partial charge in [0.15, 0.2) is 5.76 Å². The van der Waals surface area contributed by atoms with Gasteiger partial charge in [-0.05, 0) is 75.2 Å². The van der Waals surface area contributed by atoms with Crippen LogP contribution >= 0.6 is 23.1 Å². The maximum atomic E-state index is 10.3. The number of aromatic hydroxyl groups is 1. The largest absolute Gasteiger partial charge is 0.491 e. The van der Waals surface area contributed by atoms with E-state index >= 15 is 0 Å². The molecule has 3 aromatic rings. The van der Waals surface area contributed by atoms with Crippen molar-refractivity contribution >= 4 is 51.7 Å². The summed E-state index contributed by atoms with van der Waals surface area (Å²) in [6.07, 6.45) is 5.31. The van der Waals surface area contributed by atoms with E-state index in [0.717, 1.165) is 58.8 Å². The summed E-state index contributed by atoms with van der Waals surface area (Å²) in [5.74, 6) is 0.317. The molecule has 2 aliphatic rings. The van der Waals surface area contributed by atoms with Gasteiger partial charge in [0.2, 0.25) is 5.17 Å². The highest BCUT2D eigenvalue weighted by Gasteiger charge is 2.20. The zero-order chi connectivity index (χ0) is 24.4. The summed E-state index contributed by atoms with van der Waals surface area (Å²) in [5, 5.41) is 17.5. The van der Waals surface area contributed by atoms with E-state index in [1.807, 2.05) is 18.1 Å². The van der Waals surface area contributed by atoms with Gasteiger partial charge in [-0.15, -0.1) is 16.4 Å². The molecular formula is C25H30N6O2S2. The molecule has 8 nitrogen and oxygen atoms in total. The fourth-order valence-corrected chi connectivity index (χ4v) is 6.32. The lowest BCUT2D eigenvalue weighted by Gasteiger charge is -2.24. The van der Waals surface area contributed by atoms with E-state index in [9.17, 15) is 5.11 Å². The van der Waals surface area contributed by atoms with E-state index < -0.39 is 0 Å². The van der Waals surface area contributed by atoms with Crippen molar-refractivity contribution in [3.05, 3.63) is 45.3 Å². The highest BCUT2D eigenvalue weighted by atomic mass is 32.2. The van der Waals surface area contributed by atoms with Gasteiger partial charge >= 0.3 is 6.01 Å². The van der Waals surface area contributed by atoms with E-state index in [0.29, 0.717) is 16.9 Å². The molecule has 2 aromatic heterocycles. The van der Waals surface area contributed by atoms with Crippen LogP contribution in [-0.2, 0) is 0 Å². The molecule has 0 saturated carbocycles. The van der Waals surface area contributed by atoms with Crippen molar-refractivity contribution < 1.29 is 9.52 Å². The molecule has 1 saturated heterocycles. The molecule has 0 aliphatic carbocycles. The third-order valence-corrected chi connectivity index (χ3v) is 8.20. The van der Waals surface area contributed by atoms with Crippen molar-refractivity contribution in [1.82, 2.24) is 4.98 Å². The summed E-state index contributed by atoms with van der Waals surface area (Å²) in [6, 6.07) is 11.0. The molecule has 0 radical (unpaired) electrons. The lowest BCUT2D eigenvalue weighted by Crippen LogP contribution is -2.29. The lowest BCUT2D eigenvalue weighted by molar-refractivity contribution is 0.443. The highest BCUT2D eigenvalue weighted by Crippen LogP contribution is 2.28. The number of thiophene rings is 1. The number of fused-ring (bicyclic) bond motifs is 1. The number of benzene rings is 1. The number of hydrogen-bond acceptors (Lipinski definition) is 9. The normalized spacial score (nSPS) is 17.1. The standard InChI is InChI=1S/C25H30N6O2S2/c1-4-30(5-2)18-11-9-17(10-12-18)29(3)28-24-27-23-21(35-24)16-19(34-23)15-20-22(32)26-25(33-20)31-13-7-6-8-14-31/h9-12,15-16,32H,4-8,13-14H2,1-3H3. The third-order valence-electron chi connectivity index (χ3n) is 6.21. The Morgan fingerprint density at radius 3 is 2.51 bits per heavy atom. The summed E-state index contributed by atoms with van der Waals surface area (Å²) < 4.78 is 7.74. The van der Waals surface area contributed by atoms with E-state index in [4.69, 9.17) is 9.41 Å². The predicted octanol–water partition coefficient (Wildman–Crippen LogP) is 4.24. The molecule has 184 valence electrons. The van der Waals surface area contributed by atoms with Crippen LogP contribution in [0.2, 0.25) is 0 Å². The number of nitrogens with zero attached hydrogens (tertiary/aromatic N) is 6. The Balaban J connectivity index is 1.31. The van der Waals surface area contributed by atoms with E-state index in [-0.39, 0.29) is 5.88 Å². The molecule has 0 spiro atoms. The SMILES string of the molecule is CCN(CC)c1ccc(N(C)N=C2N=c3sc(=Cc4oc(N5CCCCC5)nc4O)cc3S2)cc1. The smallest absolute Gasteiger partial charge is 0.301 e. The first-order valence-corrected chi connectivity index (χ1v) is 13.7. The fourth-order valence-electron chi connectivity index (χ4n) is 4.27. The van der Waals surface area contributed by atoms with Crippen LogP contribution in [0.15, 0.2) is 49.7 Å². The summed E-state index contributed by atoms with van der Waals surface area (Å²) >= 11 is 3.09. The summed E-state index contributed by atoms with van der Waals surface area (Å²) in [7, 11) is 1.94. The zero-order valence-corrected chi connectivity index (χ0v) is 21.9. The molecule has 0 unspecified atom stereocenters. The van der Waals surface area contributed by atoms with Gasteiger partial charge in [0.05, 0.1) is 10.6 Å². The van der Waals surface area contributed by atoms with Gasteiger partial charge in [-0.3, -0.25) is 5.01 Å². The molecule has 1 N–H and O–H groups in total. The Hall–Kier alpha value is -2.98. The molecule has 5 rings (SSSR count). The first kappa shape index (κ1) is 23.7. The maximum Gasteiger partial charge on any atom is 0.301 e. The molecule has 1 aromatic carbocycles. The van der Waals surface area contributed by atoms with Crippen LogP contribution in [0.1, 0.15) is 38.9 Å². The zero-order valence-electron chi connectivity index (χ0n) is 20.3. The molecule has 10 heteroatoms. The van der Waals surface area contributed by atoms with Gasteiger partial charge < -0.3 is 19.3 Å². The van der Waals surface area contributed by atoms with Crippen molar-refractivity contribution in [2.75, 3.05) is 48.0 Å². The lowest BCUT2D eigenvalue weighted by atomic mass is 10.1. The van der Waals surface area contributed by atoms with Crippen LogP contribution in [0.3, 0.4) is 0 Å². The minimum absolute atomic E-state index is 0.0698. The number of thioether (sulfide) groups is 1. The van der Waals surface area contributed by atoms with Crippen molar-refractivity contribution in [3.8, 4) is 5.88 Å². The Labute approximate surface area is 213 Å². The molecule has 2 aliphatic heterocycles. The molecule has 0 bridgehead atoms. The number of hydrogen-bond donors (Lipinski definition) is 1. The molecule has 0 amide bonds. The van der Waals surface area contributed by atoms with Crippen LogP contribution in [0.5, 0.6) is 5.88 Å². The Morgan fingerprint density at radius 2 is 1.83 bits per heavy atom. The number of aromatic nitrogens is 1. The fraction of sp³-hybridized carbons (Fsp3) is 0.400. The number of piperidine rings is 1. The highest BCUT2D eigenvalue weighted by molar-refractivity contribution is 8.14. The molecular weight excluding hydrogens is 480 g/mol. The van der Waals surface area contributed by atoms with Crippen molar-refractivity contribution in [3.63, 3.8) is 0 Å². The van der Waals surface area contributed by atoms with Crippen LogP contribution in [0.4, 0.5) is 17.4 Å². The van der Waals surface area contributed by atoms with E-state index in [2.05, 4.69) is 64.1 Å². The summed E-state index contributed by atoms with van der Waals surface area (Å²) in [5.41, 5.74) is 2.23. The summed E-state index contributed by atoms with van der Waals surface area (Å²) in [6.45, 7) is 8.13. The third kappa shape index (κ3) is 5.18. The van der Waals surface area contributed by atoms with Crippen molar-refractivity contribution in [2.45, 2.75) is 38.0 Å². The minimum Gasteiger partial charge on any atom is -0.491 e. The van der Waals surface area contributed by atoms with E-state index in [1.54, 1.807) is 23.1 Å². The van der Waals surface area contributed by atoms with Crippen LogP contribution in [-0.4, -0.2) is 48.5 Å². The second kappa shape index (κ2) is 10.3. The van der Waals surface area contributed by atoms with Crippen molar-refractivity contribution in [1.29, 1.82) is 0 Å². The average molecular weight is 511 g/mol. The van der Waals surface area contributed by atoms with E-state index in [1.165, 1.54) is 12.1 Å². The number of hydrazone groups is 1. The van der Waals surface area contributed by atoms with Gasteiger partial charge in [0, 0.05) is 49.5 Å². The maximum absolute atomic E-state index is 10.3. The molecule has 0 atom stereocenters. The van der Waals surface area contributed by atoms with Crippen LogP contribution in [0.25, 0.3) is 6.08 Å². The first-order valence-electron chi connectivity index (χ1n) is 12.0. The Kier molecular flexibility index (Phi) is 7.01. The molecule has 35 heavy (non-hydrogen) atoms. The summed E-state index contributed by atoms with van der Waals surface area (Å²) in [4.78, 5) is 14.4. The van der Waals surface area contributed by atoms with Gasteiger partial charge in [-0.1, -0.05) is 0 Å². The Bertz CT molecular complexity index is 1320. The molecule has 1 fully saturated rings. The van der Waals surface area contributed by atoms with Gasteiger partial charge in [0.25, 0.3) is 5.88 Å². The van der Waals surface area contributed by atoms with Crippen LogP contribution in [0, 0.1) is 0 Å². The van der Waals surface area contributed by atoms with Gasteiger partial charge in [-0.25, -0.2) is 4.99 Å². The second-order valence-electron chi connectivity index (χ2n) is 8.50. The topological polar surface area (TPSA) is 80.7 Å². The quantitative estimate of drug-likeness (QED) is 0.476. The van der Waals surface area contributed by atoms with Gasteiger partial charge in [0.1, 0.15) is 4.67 Å². The number of rotatable bonds is 7.